The third-order valence-corrected chi connectivity index (χ3v) is 6.02. The number of alkyl halides is 3. The molecule has 3 aromatic heterocycles. The molecule has 0 atom stereocenters. The van der Waals surface area contributed by atoms with Crippen molar-refractivity contribution in [1.29, 1.82) is 0 Å². The molecule has 1 aliphatic rings. The molecule has 0 fully saturated rings. The molecular weight excluding hydrogens is 513 g/mol. The molecule has 0 unspecified atom stereocenters. The van der Waals surface area contributed by atoms with Crippen molar-refractivity contribution in [2.75, 3.05) is 10.6 Å². The number of anilines is 2. The van der Waals surface area contributed by atoms with E-state index >= 15 is 0 Å². The fourth-order valence-corrected chi connectivity index (χ4v) is 4.42. The highest BCUT2D eigenvalue weighted by molar-refractivity contribution is 6.32. The molecule has 0 saturated heterocycles. The minimum atomic E-state index is -4.95. The van der Waals surface area contributed by atoms with Crippen LogP contribution in [0.5, 0.6) is 0 Å². The first-order chi connectivity index (χ1) is 17.7. The molecule has 2 amide bonds. The molecule has 1 aliphatic heterocycles. The van der Waals surface area contributed by atoms with Gasteiger partial charge in [-0.2, -0.15) is 33.3 Å². The number of halogens is 4. The van der Waals surface area contributed by atoms with Crippen LogP contribution in [0, 0.1) is 0 Å². The van der Waals surface area contributed by atoms with Gasteiger partial charge in [-0.25, -0.2) is 9.67 Å². The van der Waals surface area contributed by atoms with Crippen molar-refractivity contribution in [2.24, 2.45) is 0 Å². The molecule has 184 valence electrons. The second kappa shape index (κ2) is 8.13. The van der Waals surface area contributed by atoms with Gasteiger partial charge in [-0.05, 0) is 24.3 Å². The molecular formula is C23H12ClF3N8O2. The maximum absolute atomic E-state index is 14.3. The Morgan fingerprint density at radius 2 is 1.81 bits per heavy atom. The highest BCUT2D eigenvalue weighted by atomic mass is 35.5. The average Bonchev–Trinajstić information content (AvgIpc) is 3.60. The average molecular weight is 525 g/mol. The number of carbonyl (C=O) groups excluding carboxylic acids is 2. The molecule has 6 rings (SSSR count). The van der Waals surface area contributed by atoms with E-state index in [4.69, 9.17) is 11.6 Å². The molecule has 4 heterocycles. The number of carbonyl (C=O) groups is 2. The Hall–Kier alpha value is -4.78. The number of rotatable bonds is 4. The summed E-state index contributed by atoms with van der Waals surface area (Å²) in [6.07, 6.45) is -0.0525. The van der Waals surface area contributed by atoms with Gasteiger partial charge in [0.1, 0.15) is 11.5 Å². The Bertz CT molecular complexity index is 1730. The number of amides is 2. The van der Waals surface area contributed by atoms with Gasteiger partial charge >= 0.3 is 6.18 Å². The molecule has 0 aliphatic carbocycles. The lowest BCUT2D eigenvalue weighted by Gasteiger charge is -2.14. The second-order valence-electron chi connectivity index (χ2n) is 7.93. The molecule has 37 heavy (non-hydrogen) atoms. The molecule has 0 radical (unpaired) electrons. The zero-order valence-corrected chi connectivity index (χ0v) is 19.0. The summed E-state index contributed by atoms with van der Waals surface area (Å²) in [5, 5.41) is 17.7. The van der Waals surface area contributed by atoms with E-state index in [2.05, 4.69) is 30.9 Å². The summed E-state index contributed by atoms with van der Waals surface area (Å²) >= 11 is 6.25. The van der Waals surface area contributed by atoms with Crippen molar-refractivity contribution in [3.05, 3.63) is 83.0 Å². The summed E-state index contributed by atoms with van der Waals surface area (Å²) < 4.78 is 43.4. The minimum Gasteiger partial charge on any atom is -0.322 e. The number of hydrogen-bond acceptors (Lipinski definition) is 6. The predicted octanol–water partition coefficient (Wildman–Crippen LogP) is 4.49. The van der Waals surface area contributed by atoms with Crippen LogP contribution < -0.4 is 10.6 Å². The Kier molecular flexibility index (Phi) is 4.98. The lowest BCUT2D eigenvalue weighted by Crippen LogP contribution is -2.21. The van der Waals surface area contributed by atoms with Crippen molar-refractivity contribution in [2.45, 2.75) is 6.18 Å². The van der Waals surface area contributed by atoms with Crippen LogP contribution in [-0.2, 0) is 6.18 Å². The number of nitrogens with one attached hydrogen (secondary N) is 2. The quantitative estimate of drug-likeness (QED) is 0.357. The van der Waals surface area contributed by atoms with Crippen LogP contribution in [0.1, 0.15) is 26.4 Å². The fraction of sp³-hybridized carbons (Fsp3) is 0.0435. The third kappa shape index (κ3) is 3.67. The Balaban J connectivity index is 1.41. The Morgan fingerprint density at radius 3 is 2.54 bits per heavy atom. The van der Waals surface area contributed by atoms with E-state index in [0.29, 0.717) is 21.1 Å². The Morgan fingerprint density at radius 1 is 1.03 bits per heavy atom. The number of nitrogens with zero attached hydrogens (tertiary/aromatic N) is 6. The maximum atomic E-state index is 14.3. The summed E-state index contributed by atoms with van der Waals surface area (Å²) in [6.45, 7) is 0. The van der Waals surface area contributed by atoms with Gasteiger partial charge in [0.15, 0.2) is 5.69 Å². The van der Waals surface area contributed by atoms with Crippen LogP contribution in [0.2, 0.25) is 5.02 Å². The third-order valence-electron chi connectivity index (χ3n) is 5.72. The summed E-state index contributed by atoms with van der Waals surface area (Å²) in [4.78, 5) is 30.5. The number of pyridine rings is 1. The van der Waals surface area contributed by atoms with Gasteiger partial charge in [0.2, 0.25) is 0 Å². The summed E-state index contributed by atoms with van der Waals surface area (Å²) in [5.74, 6) is -1.21. The largest absolute Gasteiger partial charge is 0.434 e. The maximum Gasteiger partial charge on any atom is 0.434 e. The van der Waals surface area contributed by atoms with E-state index in [0.717, 1.165) is 6.20 Å². The van der Waals surface area contributed by atoms with Crippen LogP contribution in [0.15, 0.2) is 61.2 Å². The Labute approximate surface area is 209 Å². The standard InChI is InChI=1S/C23H12ClF3N8O2/c24-15-8-11(4-5-16(15)35-29-6-7-30-35)32-22(37)14-9-31-34(19(14)23(25,26)27)17-10-28-20-18-12(17)2-1-3-13(18)21(36)33-20/h1-10H,(H,32,37)(H,28,33,36). The normalized spacial score (nSPS) is 12.7. The van der Waals surface area contributed by atoms with E-state index in [9.17, 15) is 22.8 Å². The molecule has 5 aromatic rings. The second-order valence-corrected chi connectivity index (χ2v) is 8.34. The molecule has 14 heteroatoms. The van der Waals surface area contributed by atoms with E-state index in [1.165, 1.54) is 41.6 Å². The number of hydrogen-bond donors (Lipinski definition) is 2. The van der Waals surface area contributed by atoms with Gasteiger partial charge in [-0.15, -0.1) is 0 Å². The van der Waals surface area contributed by atoms with Crippen LogP contribution in [0.4, 0.5) is 24.7 Å². The monoisotopic (exact) mass is 524 g/mol. The summed E-state index contributed by atoms with van der Waals surface area (Å²) in [6, 6.07) is 8.99. The highest BCUT2D eigenvalue weighted by Gasteiger charge is 2.41. The number of benzene rings is 2. The fourth-order valence-electron chi connectivity index (χ4n) is 4.16. The predicted molar refractivity (Wildman–Crippen MR) is 126 cm³/mol. The van der Waals surface area contributed by atoms with Gasteiger partial charge < -0.3 is 10.6 Å². The van der Waals surface area contributed by atoms with Gasteiger partial charge in [0.25, 0.3) is 11.8 Å². The highest BCUT2D eigenvalue weighted by Crippen LogP contribution is 2.38. The summed E-state index contributed by atoms with van der Waals surface area (Å²) in [7, 11) is 0. The minimum absolute atomic E-state index is 0.0393. The van der Waals surface area contributed by atoms with E-state index < -0.39 is 29.2 Å². The first-order valence-electron chi connectivity index (χ1n) is 10.6. The molecule has 0 spiro atoms. The topological polar surface area (TPSA) is 120 Å². The smallest absolute Gasteiger partial charge is 0.322 e. The zero-order chi connectivity index (χ0) is 25.9. The van der Waals surface area contributed by atoms with Crippen LogP contribution in [0.3, 0.4) is 0 Å². The molecule has 2 N–H and O–H groups in total. The molecule has 2 aromatic carbocycles. The van der Waals surface area contributed by atoms with Gasteiger partial charge in [-0.3, -0.25) is 9.59 Å². The lowest BCUT2D eigenvalue weighted by atomic mass is 10.1. The first-order valence-corrected chi connectivity index (χ1v) is 11.0. The molecule has 0 bridgehead atoms. The van der Waals surface area contributed by atoms with Gasteiger partial charge in [0, 0.05) is 16.5 Å². The van der Waals surface area contributed by atoms with Crippen molar-refractivity contribution < 1.29 is 22.8 Å². The van der Waals surface area contributed by atoms with Crippen LogP contribution in [-0.4, -0.2) is 41.6 Å². The lowest BCUT2D eigenvalue weighted by molar-refractivity contribution is -0.143. The van der Waals surface area contributed by atoms with Crippen LogP contribution in [0.25, 0.3) is 22.1 Å². The van der Waals surface area contributed by atoms with Gasteiger partial charge in [0.05, 0.1) is 46.6 Å². The van der Waals surface area contributed by atoms with Crippen LogP contribution >= 0.6 is 11.6 Å². The van der Waals surface area contributed by atoms with Crippen molar-refractivity contribution in [3.63, 3.8) is 0 Å². The first kappa shape index (κ1) is 22.7. The van der Waals surface area contributed by atoms with E-state index in [1.807, 2.05) is 0 Å². The van der Waals surface area contributed by atoms with E-state index in [-0.39, 0.29) is 27.8 Å². The van der Waals surface area contributed by atoms with E-state index in [1.54, 1.807) is 18.2 Å². The summed E-state index contributed by atoms with van der Waals surface area (Å²) in [5.41, 5.74) is -1.19. The molecule has 10 nitrogen and oxygen atoms in total. The molecule has 0 saturated carbocycles. The van der Waals surface area contributed by atoms with Crippen molar-refractivity contribution in [1.82, 2.24) is 29.8 Å². The van der Waals surface area contributed by atoms with Crippen molar-refractivity contribution >= 4 is 45.7 Å². The van der Waals surface area contributed by atoms with Crippen molar-refractivity contribution in [3.8, 4) is 11.4 Å². The SMILES string of the molecule is O=C(Nc1ccc(-n2nccn2)c(Cl)c1)c1cnn(-c2cnc3c4c(cccc24)C(=O)N3)c1C(F)(F)F. The zero-order valence-electron chi connectivity index (χ0n) is 18.3. The van der Waals surface area contributed by atoms with Gasteiger partial charge in [-0.1, -0.05) is 23.7 Å². The number of aromatic nitrogens is 6.